The fourth-order valence-electron chi connectivity index (χ4n) is 1.49. The van der Waals surface area contributed by atoms with E-state index in [4.69, 9.17) is 4.84 Å². The van der Waals surface area contributed by atoms with Crippen LogP contribution in [-0.2, 0) is 9.63 Å². The minimum atomic E-state index is -0.621. The van der Waals surface area contributed by atoms with Gasteiger partial charge in [0.2, 0.25) is 0 Å². The Morgan fingerprint density at radius 2 is 1.78 bits per heavy atom. The zero-order chi connectivity index (χ0) is 13.1. The van der Waals surface area contributed by atoms with E-state index in [2.05, 4.69) is 0 Å². The fourth-order valence-corrected chi connectivity index (χ4v) is 2.39. The molecule has 0 saturated carbocycles. The summed E-state index contributed by atoms with van der Waals surface area (Å²) < 4.78 is 0. The first kappa shape index (κ1) is 13.0. The molecule has 1 aromatic rings. The van der Waals surface area contributed by atoms with Gasteiger partial charge in [0.05, 0.1) is 11.1 Å². The Balaban J connectivity index is 2.11. The quantitative estimate of drug-likeness (QED) is 0.619. The number of fused-ring (bicyclic) bond motifs is 1. The van der Waals surface area contributed by atoms with Crippen LogP contribution in [0.5, 0.6) is 0 Å². The molecule has 1 heterocycles. The van der Waals surface area contributed by atoms with E-state index >= 15 is 0 Å². The Labute approximate surface area is 111 Å². The van der Waals surface area contributed by atoms with E-state index in [9.17, 15) is 14.4 Å². The first-order valence-electron chi connectivity index (χ1n) is 4.99. The van der Waals surface area contributed by atoms with Crippen molar-refractivity contribution in [3.05, 3.63) is 35.4 Å². The van der Waals surface area contributed by atoms with Crippen molar-refractivity contribution in [1.29, 1.82) is 0 Å². The second kappa shape index (κ2) is 5.45. The summed E-state index contributed by atoms with van der Waals surface area (Å²) in [7, 11) is 2.68. The smallest absolute Gasteiger partial charge is 0.329 e. The van der Waals surface area contributed by atoms with Crippen molar-refractivity contribution < 1.29 is 19.2 Å². The maximum atomic E-state index is 11.8. The predicted molar refractivity (Wildman–Crippen MR) is 69.0 cm³/mol. The number of carbonyl (C=O) groups excluding carboxylic acids is 3. The molecular weight excluding hydrogens is 274 g/mol. The van der Waals surface area contributed by atoms with Crippen molar-refractivity contribution in [2.24, 2.45) is 0 Å². The Bertz CT molecular complexity index is 483. The first-order valence-corrected chi connectivity index (χ1v) is 7.72. The Morgan fingerprint density at radius 3 is 2.28 bits per heavy atom. The van der Waals surface area contributed by atoms with Crippen LogP contribution in [0.4, 0.5) is 0 Å². The van der Waals surface area contributed by atoms with E-state index in [0.29, 0.717) is 5.06 Å². The Kier molecular flexibility index (Phi) is 3.93. The molecule has 1 aromatic carbocycles. The van der Waals surface area contributed by atoms with Gasteiger partial charge in [-0.1, -0.05) is 38.8 Å². The number of amides is 2. The molecule has 2 rings (SSSR count). The van der Waals surface area contributed by atoms with Crippen LogP contribution in [-0.4, -0.2) is 34.9 Å². The maximum Gasteiger partial charge on any atom is 0.343 e. The molecule has 2 amide bonds. The molecule has 94 valence electrons. The van der Waals surface area contributed by atoms with Crippen LogP contribution in [0.3, 0.4) is 0 Å². The molecule has 0 fully saturated rings. The van der Waals surface area contributed by atoms with Crippen LogP contribution < -0.4 is 0 Å². The fraction of sp³-hybridized carbons (Fsp3) is 0.182. The monoisotopic (exact) mass is 283 g/mol. The largest absolute Gasteiger partial charge is 0.343 e. The van der Waals surface area contributed by atoms with Gasteiger partial charge in [-0.15, -0.1) is 0 Å². The number of nitrogens with zero attached hydrogens (tertiary/aromatic N) is 1. The van der Waals surface area contributed by atoms with Gasteiger partial charge in [0.1, 0.15) is 5.75 Å². The van der Waals surface area contributed by atoms with Gasteiger partial charge in [-0.25, -0.2) is 4.79 Å². The molecule has 0 bridgehead atoms. The van der Waals surface area contributed by atoms with Gasteiger partial charge in [-0.3, -0.25) is 9.59 Å². The highest BCUT2D eigenvalue weighted by Crippen LogP contribution is 2.23. The third-order valence-electron chi connectivity index (χ3n) is 2.24. The third-order valence-corrected chi connectivity index (χ3v) is 3.89. The number of imide groups is 1. The molecule has 7 heteroatoms. The van der Waals surface area contributed by atoms with Crippen molar-refractivity contribution in [1.82, 2.24) is 5.06 Å². The summed E-state index contributed by atoms with van der Waals surface area (Å²) in [6, 6.07) is 6.36. The maximum absolute atomic E-state index is 11.8. The molecule has 0 aliphatic carbocycles. The predicted octanol–water partition coefficient (Wildman–Crippen LogP) is 1.75. The van der Waals surface area contributed by atoms with Gasteiger partial charge in [-0.05, 0) is 18.4 Å². The zero-order valence-electron chi connectivity index (χ0n) is 9.41. The number of carbonyl (C=O) groups is 3. The summed E-state index contributed by atoms with van der Waals surface area (Å²) in [5, 5.41) is 0.522. The Hall–Kier alpha value is -1.47. The molecular formula is C11H9NO4S2. The zero-order valence-corrected chi connectivity index (χ0v) is 11.0. The van der Waals surface area contributed by atoms with Crippen molar-refractivity contribution in [2.45, 2.75) is 0 Å². The summed E-state index contributed by atoms with van der Waals surface area (Å²) in [5.41, 5.74) is 0.514. The lowest BCUT2D eigenvalue weighted by Crippen LogP contribution is -2.33. The van der Waals surface area contributed by atoms with Crippen molar-refractivity contribution in [3.8, 4) is 0 Å². The van der Waals surface area contributed by atoms with E-state index in [-0.39, 0.29) is 16.9 Å². The number of hydroxylamine groups is 2. The summed E-state index contributed by atoms with van der Waals surface area (Å²) in [4.78, 5) is 39.8. The van der Waals surface area contributed by atoms with Gasteiger partial charge in [0, 0.05) is 0 Å². The number of rotatable bonds is 4. The van der Waals surface area contributed by atoms with Crippen molar-refractivity contribution in [3.63, 3.8) is 0 Å². The number of hydrogen-bond acceptors (Lipinski definition) is 6. The van der Waals surface area contributed by atoms with E-state index in [0.717, 1.165) is 0 Å². The van der Waals surface area contributed by atoms with Crippen LogP contribution in [0.25, 0.3) is 0 Å². The van der Waals surface area contributed by atoms with Crippen LogP contribution in [0.15, 0.2) is 24.3 Å². The van der Waals surface area contributed by atoms with Crippen LogP contribution in [0.1, 0.15) is 20.7 Å². The molecule has 0 atom stereocenters. The lowest BCUT2D eigenvalue weighted by molar-refractivity contribution is -0.164. The molecule has 0 aromatic heterocycles. The molecule has 0 radical (unpaired) electrons. The van der Waals surface area contributed by atoms with E-state index in [1.807, 2.05) is 6.26 Å². The molecule has 18 heavy (non-hydrogen) atoms. The first-order chi connectivity index (χ1) is 8.65. The van der Waals surface area contributed by atoms with Gasteiger partial charge in [0.25, 0.3) is 11.8 Å². The average molecular weight is 283 g/mol. The molecule has 0 saturated heterocycles. The van der Waals surface area contributed by atoms with E-state index in [1.165, 1.54) is 33.7 Å². The second-order valence-corrected chi connectivity index (χ2v) is 5.91. The number of hydrogen-bond donors (Lipinski definition) is 0. The third kappa shape index (κ3) is 2.37. The summed E-state index contributed by atoms with van der Waals surface area (Å²) in [5.74, 6) is -1.74. The standard InChI is InChI=1S/C11H9NO4S2/c1-17-18-6-9(13)16-12-10(14)7-4-2-3-5-8(7)11(12)15/h2-5H,6H2,1H3. The van der Waals surface area contributed by atoms with Crippen LogP contribution in [0.2, 0.25) is 0 Å². The molecule has 1 aliphatic heterocycles. The molecule has 1 aliphatic rings. The highest BCUT2D eigenvalue weighted by atomic mass is 33.1. The highest BCUT2D eigenvalue weighted by molar-refractivity contribution is 8.76. The van der Waals surface area contributed by atoms with Crippen LogP contribution in [0, 0.1) is 0 Å². The molecule has 0 spiro atoms. The van der Waals surface area contributed by atoms with E-state index in [1.54, 1.807) is 12.1 Å². The lowest BCUT2D eigenvalue weighted by atomic mass is 10.1. The molecule has 0 N–H and O–H groups in total. The summed E-state index contributed by atoms with van der Waals surface area (Å²) >= 11 is 0. The van der Waals surface area contributed by atoms with Crippen molar-refractivity contribution in [2.75, 3.05) is 12.0 Å². The Morgan fingerprint density at radius 1 is 1.22 bits per heavy atom. The summed E-state index contributed by atoms with van der Waals surface area (Å²) in [6.07, 6.45) is 1.82. The molecule has 0 unspecified atom stereocenters. The van der Waals surface area contributed by atoms with Gasteiger partial charge in [-0.2, -0.15) is 0 Å². The topological polar surface area (TPSA) is 63.7 Å². The average Bonchev–Trinajstić information content (AvgIpc) is 2.62. The molecule has 5 nitrogen and oxygen atoms in total. The SMILES string of the molecule is CSSCC(=O)ON1C(=O)c2ccccc2C1=O. The normalized spacial score (nSPS) is 13.7. The highest BCUT2D eigenvalue weighted by Gasteiger charge is 2.38. The summed E-state index contributed by atoms with van der Waals surface area (Å²) in [6.45, 7) is 0. The van der Waals surface area contributed by atoms with Crippen LogP contribution >= 0.6 is 21.6 Å². The van der Waals surface area contributed by atoms with E-state index < -0.39 is 17.8 Å². The second-order valence-electron chi connectivity index (χ2n) is 3.34. The minimum absolute atomic E-state index is 0.0779. The lowest BCUT2D eigenvalue weighted by Gasteiger charge is -2.11. The van der Waals surface area contributed by atoms with Crippen molar-refractivity contribution >= 4 is 39.4 Å². The van der Waals surface area contributed by atoms with Gasteiger partial charge >= 0.3 is 5.97 Å². The minimum Gasteiger partial charge on any atom is -0.329 e. The van der Waals surface area contributed by atoms with Gasteiger partial charge < -0.3 is 4.84 Å². The number of benzene rings is 1. The van der Waals surface area contributed by atoms with Gasteiger partial charge in [0.15, 0.2) is 0 Å².